The molecule has 1 aromatic carbocycles. The fourth-order valence-corrected chi connectivity index (χ4v) is 2.10. The van der Waals surface area contributed by atoms with Gasteiger partial charge in [-0.05, 0) is 45.5 Å². The minimum atomic E-state index is -0.668. The molecule has 0 aliphatic carbocycles. The van der Waals surface area contributed by atoms with Crippen LogP contribution in [0.15, 0.2) is 18.2 Å². The lowest BCUT2D eigenvalue weighted by Gasteiger charge is -2.26. The maximum Gasteiger partial charge on any atom is 0.265 e. The molecule has 0 aromatic heterocycles. The van der Waals surface area contributed by atoms with Crippen molar-refractivity contribution in [3.63, 3.8) is 0 Å². The second-order valence-electron chi connectivity index (χ2n) is 5.57. The molecule has 1 atom stereocenters. The molecular formula is C15H21N3O3. The van der Waals surface area contributed by atoms with Crippen LogP contribution in [-0.4, -0.2) is 30.0 Å². The molecule has 0 radical (unpaired) electrons. The van der Waals surface area contributed by atoms with Gasteiger partial charge in [0.05, 0.1) is 11.2 Å². The van der Waals surface area contributed by atoms with Crippen LogP contribution in [0.2, 0.25) is 0 Å². The first-order chi connectivity index (χ1) is 9.83. The molecular weight excluding hydrogens is 270 g/mol. The van der Waals surface area contributed by atoms with Crippen LogP contribution in [-0.2, 0) is 9.59 Å². The lowest BCUT2D eigenvalue weighted by molar-refractivity contribution is -0.122. The second kappa shape index (κ2) is 5.73. The molecule has 6 nitrogen and oxygen atoms in total. The zero-order chi connectivity index (χ0) is 15.6. The van der Waals surface area contributed by atoms with Crippen molar-refractivity contribution in [1.82, 2.24) is 5.32 Å². The molecule has 0 saturated heterocycles. The highest BCUT2D eigenvalue weighted by molar-refractivity contribution is 6.00. The molecule has 21 heavy (non-hydrogen) atoms. The molecule has 0 saturated carbocycles. The maximum atomic E-state index is 12.2. The van der Waals surface area contributed by atoms with Gasteiger partial charge in [-0.1, -0.05) is 6.92 Å². The van der Waals surface area contributed by atoms with Gasteiger partial charge in [-0.3, -0.25) is 9.59 Å². The predicted molar refractivity (Wildman–Crippen MR) is 81.5 cm³/mol. The third-order valence-electron chi connectivity index (χ3n) is 3.35. The summed E-state index contributed by atoms with van der Waals surface area (Å²) in [5.74, 6) is 0.269. The van der Waals surface area contributed by atoms with Gasteiger partial charge in [0, 0.05) is 5.69 Å². The Bertz CT molecular complexity index is 569. The predicted octanol–water partition coefficient (Wildman–Crippen LogP) is 1.73. The number of carbonyl (C=O) groups excluding carboxylic acids is 2. The van der Waals surface area contributed by atoms with Crippen molar-refractivity contribution in [2.24, 2.45) is 0 Å². The van der Waals surface area contributed by atoms with Crippen molar-refractivity contribution in [2.45, 2.75) is 39.3 Å². The Labute approximate surface area is 124 Å². The number of amides is 2. The molecule has 1 aliphatic rings. The van der Waals surface area contributed by atoms with Crippen LogP contribution in [0, 0.1) is 0 Å². The molecule has 1 unspecified atom stereocenters. The number of nitrogens with one attached hydrogen (secondary N) is 3. The fourth-order valence-electron chi connectivity index (χ4n) is 2.10. The van der Waals surface area contributed by atoms with Crippen LogP contribution in [0.3, 0.4) is 0 Å². The Morgan fingerprint density at radius 1 is 1.43 bits per heavy atom. The number of rotatable bonds is 4. The molecule has 114 valence electrons. The Kier molecular flexibility index (Phi) is 4.18. The van der Waals surface area contributed by atoms with Crippen LogP contribution < -0.4 is 20.7 Å². The smallest absolute Gasteiger partial charge is 0.265 e. The number of ether oxygens (including phenoxy) is 1. The quantitative estimate of drug-likeness (QED) is 0.789. The zero-order valence-corrected chi connectivity index (χ0v) is 12.7. The average Bonchev–Trinajstić information content (AvgIpc) is 2.40. The van der Waals surface area contributed by atoms with Crippen LogP contribution in [0.5, 0.6) is 5.75 Å². The third-order valence-corrected chi connectivity index (χ3v) is 3.35. The lowest BCUT2D eigenvalue weighted by atomic mass is 10.0. The third kappa shape index (κ3) is 3.33. The average molecular weight is 291 g/mol. The van der Waals surface area contributed by atoms with Crippen molar-refractivity contribution in [1.29, 1.82) is 0 Å². The highest BCUT2D eigenvalue weighted by Gasteiger charge is 2.27. The number of hydrogen-bond donors (Lipinski definition) is 3. The Hall–Kier alpha value is -2.08. The fraction of sp³-hybridized carbons (Fsp3) is 0.467. The first-order valence-corrected chi connectivity index (χ1v) is 7.01. The van der Waals surface area contributed by atoms with Gasteiger partial charge < -0.3 is 20.7 Å². The first kappa shape index (κ1) is 15.3. The van der Waals surface area contributed by atoms with E-state index in [1.807, 2.05) is 20.8 Å². The Morgan fingerprint density at radius 2 is 2.14 bits per heavy atom. The van der Waals surface area contributed by atoms with Gasteiger partial charge in [0.2, 0.25) is 5.91 Å². The van der Waals surface area contributed by atoms with E-state index in [9.17, 15) is 9.59 Å². The summed E-state index contributed by atoms with van der Waals surface area (Å²) in [6, 6.07) is 5.18. The lowest BCUT2D eigenvalue weighted by Crippen LogP contribution is -2.49. The molecule has 1 heterocycles. The summed E-state index contributed by atoms with van der Waals surface area (Å²) in [6.45, 7) is 7.97. The minimum Gasteiger partial charge on any atom is -0.479 e. The van der Waals surface area contributed by atoms with Crippen LogP contribution >= 0.6 is 0 Å². The van der Waals surface area contributed by atoms with Crippen molar-refractivity contribution in [2.75, 3.05) is 17.2 Å². The van der Waals surface area contributed by atoms with E-state index in [0.29, 0.717) is 23.7 Å². The summed E-state index contributed by atoms with van der Waals surface area (Å²) in [4.78, 5) is 23.8. The first-order valence-electron chi connectivity index (χ1n) is 7.01. The standard InChI is InChI=1S/C15H21N3O3/c1-5-16-15(3,4)14(20)17-10-6-7-12-11(8-10)18-13(19)9(2)21-12/h6-9,16H,5H2,1-4H3,(H,17,20)(H,18,19). The van der Waals surface area contributed by atoms with E-state index < -0.39 is 11.6 Å². The summed E-state index contributed by atoms with van der Waals surface area (Å²) < 4.78 is 5.47. The van der Waals surface area contributed by atoms with E-state index in [1.165, 1.54) is 0 Å². The van der Waals surface area contributed by atoms with Gasteiger partial charge in [0.25, 0.3) is 5.91 Å². The van der Waals surface area contributed by atoms with Crippen molar-refractivity contribution >= 4 is 23.2 Å². The number of carbonyl (C=O) groups is 2. The van der Waals surface area contributed by atoms with Crippen molar-refractivity contribution < 1.29 is 14.3 Å². The van der Waals surface area contributed by atoms with Crippen LogP contribution in [0.4, 0.5) is 11.4 Å². The van der Waals surface area contributed by atoms with Gasteiger partial charge in [-0.2, -0.15) is 0 Å². The number of anilines is 2. The van der Waals surface area contributed by atoms with Crippen molar-refractivity contribution in [3.05, 3.63) is 18.2 Å². The molecule has 2 amide bonds. The topological polar surface area (TPSA) is 79.5 Å². The summed E-state index contributed by atoms with van der Waals surface area (Å²) in [7, 11) is 0. The number of fused-ring (bicyclic) bond motifs is 1. The molecule has 2 rings (SSSR count). The van der Waals surface area contributed by atoms with Gasteiger partial charge in [-0.25, -0.2) is 0 Å². The van der Waals surface area contributed by atoms with Gasteiger partial charge >= 0.3 is 0 Å². The zero-order valence-electron chi connectivity index (χ0n) is 12.7. The molecule has 0 fully saturated rings. The monoisotopic (exact) mass is 291 g/mol. The van der Waals surface area contributed by atoms with Crippen LogP contribution in [0.1, 0.15) is 27.7 Å². The summed E-state index contributed by atoms with van der Waals surface area (Å²) >= 11 is 0. The van der Waals surface area contributed by atoms with Gasteiger partial charge in [0.1, 0.15) is 5.75 Å². The van der Waals surface area contributed by atoms with Gasteiger partial charge in [0.15, 0.2) is 6.10 Å². The molecule has 1 aliphatic heterocycles. The SMILES string of the molecule is CCNC(C)(C)C(=O)Nc1ccc2c(c1)NC(=O)C(C)O2. The van der Waals surface area contributed by atoms with Crippen LogP contribution in [0.25, 0.3) is 0 Å². The van der Waals surface area contributed by atoms with E-state index in [2.05, 4.69) is 16.0 Å². The number of benzene rings is 1. The molecule has 6 heteroatoms. The maximum absolute atomic E-state index is 12.2. The normalized spacial score (nSPS) is 17.5. The van der Waals surface area contributed by atoms with E-state index in [1.54, 1.807) is 25.1 Å². The highest BCUT2D eigenvalue weighted by atomic mass is 16.5. The molecule has 1 aromatic rings. The summed E-state index contributed by atoms with van der Waals surface area (Å²) in [6.07, 6.45) is -0.509. The van der Waals surface area contributed by atoms with E-state index in [-0.39, 0.29) is 11.8 Å². The van der Waals surface area contributed by atoms with E-state index in [4.69, 9.17) is 4.74 Å². The van der Waals surface area contributed by atoms with Crippen molar-refractivity contribution in [3.8, 4) is 5.75 Å². The Balaban J connectivity index is 2.14. The molecule has 3 N–H and O–H groups in total. The van der Waals surface area contributed by atoms with E-state index in [0.717, 1.165) is 0 Å². The highest BCUT2D eigenvalue weighted by Crippen LogP contribution is 2.32. The number of likely N-dealkylation sites (N-methyl/N-ethyl adjacent to an activating group) is 1. The summed E-state index contributed by atoms with van der Waals surface area (Å²) in [5.41, 5.74) is 0.513. The molecule has 0 bridgehead atoms. The minimum absolute atomic E-state index is 0.138. The second-order valence-corrected chi connectivity index (χ2v) is 5.57. The van der Waals surface area contributed by atoms with E-state index >= 15 is 0 Å². The van der Waals surface area contributed by atoms with Gasteiger partial charge in [-0.15, -0.1) is 0 Å². The number of hydrogen-bond acceptors (Lipinski definition) is 4. The largest absolute Gasteiger partial charge is 0.479 e. The molecule has 0 spiro atoms. The Morgan fingerprint density at radius 3 is 2.81 bits per heavy atom. The summed E-state index contributed by atoms with van der Waals surface area (Å²) in [5, 5.41) is 8.70.